The Balaban J connectivity index is 2.33. The monoisotopic (exact) mass is 356 g/mol. The van der Waals surface area contributed by atoms with E-state index in [0.717, 1.165) is 0 Å². The van der Waals surface area contributed by atoms with Crippen LogP contribution < -0.4 is 5.32 Å². The highest BCUT2D eigenvalue weighted by molar-refractivity contribution is 7.89. The highest BCUT2D eigenvalue weighted by Crippen LogP contribution is 2.21. The molecule has 1 heterocycles. The van der Waals surface area contributed by atoms with E-state index in [9.17, 15) is 18.0 Å². The first-order valence-corrected chi connectivity index (χ1v) is 9.02. The lowest BCUT2D eigenvalue weighted by Gasteiger charge is -2.26. The molecule has 0 aliphatic carbocycles. The maximum Gasteiger partial charge on any atom is 0.326 e. The summed E-state index contributed by atoms with van der Waals surface area (Å²) >= 11 is 0. The predicted octanol–water partition coefficient (Wildman–Crippen LogP) is 0.301. The van der Waals surface area contributed by atoms with Crippen LogP contribution in [0.5, 0.6) is 0 Å². The van der Waals surface area contributed by atoms with Gasteiger partial charge >= 0.3 is 5.97 Å². The van der Waals surface area contributed by atoms with Crippen molar-refractivity contribution in [3.8, 4) is 0 Å². The van der Waals surface area contributed by atoms with Crippen LogP contribution in [0, 0.1) is 0 Å². The van der Waals surface area contributed by atoms with Crippen molar-refractivity contribution in [2.75, 3.05) is 26.3 Å². The standard InChI is InChI=1S/C15H20N2O6S/c1-2-12(15(19)20)16-14(18)11-5-3-4-6-13(11)24(21,22)17-7-9-23-10-8-17/h3-6,12H,2,7-10H2,1H3,(H,16,18)(H,19,20). The fraction of sp³-hybridized carbons (Fsp3) is 0.467. The number of carbonyl (C=O) groups excluding carboxylic acids is 1. The van der Waals surface area contributed by atoms with Crippen LogP contribution in [0.4, 0.5) is 0 Å². The SMILES string of the molecule is CCC(NC(=O)c1ccccc1S(=O)(=O)N1CCOCC1)C(=O)O. The van der Waals surface area contributed by atoms with Crippen molar-refractivity contribution in [2.45, 2.75) is 24.3 Å². The Morgan fingerprint density at radius 1 is 1.29 bits per heavy atom. The largest absolute Gasteiger partial charge is 0.480 e. The van der Waals surface area contributed by atoms with Crippen molar-refractivity contribution in [1.82, 2.24) is 9.62 Å². The summed E-state index contributed by atoms with van der Waals surface area (Å²) in [5.74, 6) is -1.89. The van der Waals surface area contributed by atoms with E-state index in [-0.39, 0.29) is 30.0 Å². The molecule has 0 radical (unpaired) electrons. The third-order valence-corrected chi connectivity index (χ3v) is 5.69. The highest BCUT2D eigenvalue weighted by atomic mass is 32.2. The summed E-state index contributed by atoms with van der Waals surface area (Å²) in [5.41, 5.74) is -0.0660. The molecule has 0 bridgehead atoms. The summed E-state index contributed by atoms with van der Waals surface area (Å²) < 4.78 is 32.0. The van der Waals surface area contributed by atoms with Crippen molar-refractivity contribution in [3.05, 3.63) is 29.8 Å². The second-order valence-electron chi connectivity index (χ2n) is 5.29. The van der Waals surface area contributed by atoms with Gasteiger partial charge in [-0.15, -0.1) is 0 Å². The second kappa shape index (κ2) is 7.73. The number of carboxylic acid groups (broad SMARTS) is 1. The number of nitrogens with one attached hydrogen (secondary N) is 1. The van der Waals surface area contributed by atoms with E-state index in [0.29, 0.717) is 13.2 Å². The van der Waals surface area contributed by atoms with Crippen molar-refractivity contribution < 1.29 is 27.9 Å². The summed E-state index contributed by atoms with van der Waals surface area (Å²) in [6.45, 7) is 2.64. The quantitative estimate of drug-likeness (QED) is 0.758. The molecule has 1 aromatic carbocycles. The van der Waals surface area contributed by atoms with Crippen LogP contribution in [0.25, 0.3) is 0 Å². The zero-order valence-corrected chi connectivity index (χ0v) is 14.1. The predicted molar refractivity (Wildman–Crippen MR) is 85.2 cm³/mol. The number of hydrogen-bond donors (Lipinski definition) is 2. The first kappa shape index (κ1) is 18.4. The average molecular weight is 356 g/mol. The Bertz CT molecular complexity index is 712. The molecule has 1 amide bonds. The minimum absolute atomic E-state index is 0.0660. The van der Waals surface area contributed by atoms with Gasteiger partial charge in [0.25, 0.3) is 5.91 Å². The van der Waals surface area contributed by atoms with Crippen molar-refractivity contribution >= 4 is 21.9 Å². The van der Waals surface area contributed by atoms with Gasteiger partial charge in [-0.05, 0) is 18.6 Å². The molecule has 1 unspecified atom stereocenters. The van der Waals surface area contributed by atoms with Crippen LogP contribution in [-0.2, 0) is 19.6 Å². The lowest BCUT2D eigenvalue weighted by molar-refractivity contribution is -0.139. The number of aliphatic carboxylic acids is 1. The maximum atomic E-state index is 12.8. The van der Waals surface area contributed by atoms with E-state index < -0.39 is 27.9 Å². The number of amides is 1. The Morgan fingerprint density at radius 2 is 1.92 bits per heavy atom. The second-order valence-corrected chi connectivity index (χ2v) is 7.19. The van der Waals surface area contributed by atoms with Gasteiger partial charge in [0, 0.05) is 13.1 Å². The van der Waals surface area contributed by atoms with Gasteiger partial charge in [0.1, 0.15) is 6.04 Å². The number of nitrogens with zero attached hydrogens (tertiary/aromatic N) is 1. The topological polar surface area (TPSA) is 113 Å². The normalized spacial score (nSPS) is 17.2. The maximum absolute atomic E-state index is 12.8. The Kier molecular flexibility index (Phi) is 5.92. The molecule has 24 heavy (non-hydrogen) atoms. The number of ether oxygens (including phenoxy) is 1. The molecule has 2 rings (SSSR count). The van der Waals surface area contributed by atoms with E-state index in [1.807, 2.05) is 0 Å². The number of morpholine rings is 1. The molecule has 1 aromatic rings. The molecule has 1 aliphatic heterocycles. The van der Waals surface area contributed by atoms with Gasteiger partial charge in [0.15, 0.2) is 0 Å². The lowest BCUT2D eigenvalue weighted by atomic mass is 10.1. The summed E-state index contributed by atoms with van der Waals surface area (Å²) in [6.07, 6.45) is 0.194. The number of carboxylic acids is 1. The van der Waals surface area contributed by atoms with Gasteiger partial charge in [-0.25, -0.2) is 13.2 Å². The summed E-state index contributed by atoms with van der Waals surface area (Å²) in [6, 6.07) is 4.71. The van der Waals surface area contributed by atoms with E-state index >= 15 is 0 Å². The molecule has 0 aromatic heterocycles. The zero-order valence-electron chi connectivity index (χ0n) is 13.3. The van der Waals surface area contributed by atoms with Gasteiger partial charge in [-0.1, -0.05) is 19.1 Å². The summed E-state index contributed by atoms with van der Waals surface area (Å²) in [4.78, 5) is 23.3. The summed E-state index contributed by atoms with van der Waals surface area (Å²) in [5, 5.41) is 11.4. The average Bonchev–Trinajstić information content (AvgIpc) is 2.60. The minimum Gasteiger partial charge on any atom is -0.480 e. The molecular weight excluding hydrogens is 336 g/mol. The number of sulfonamides is 1. The smallest absolute Gasteiger partial charge is 0.326 e. The number of hydrogen-bond acceptors (Lipinski definition) is 5. The zero-order chi connectivity index (χ0) is 17.7. The third kappa shape index (κ3) is 3.92. The fourth-order valence-corrected chi connectivity index (χ4v) is 3.98. The van der Waals surface area contributed by atoms with Crippen molar-refractivity contribution in [1.29, 1.82) is 0 Å². The lowest BCUT2D eigenvalue weighted by Crippen LogP contribution is -2.43. The van der Waals surface area contributed by atoms with Crippen molar-refractivity contribution in [3.63, 3.8) is 0 Å². The molecule has 0 saturated carbocycles. The minimum atomic E-state index is -3.86. The molecule has 8 nitrogen and oxygen atoms in total. The molecule has 1 fully saturated rings. The molecule has 1 saturated heterocycles. The van der Waals surface area contributed by atoms with E-state index in [4.69, 9.17) is 9.84 Å². The number of carbonyl (C=O) groups is 2. The number of benzene rings is 1. The van der Waals surface area contributed by atoms with Crippen LogP contribution in [0.1, 0.15) is 23.7 Å². The van der Waals surface area contributed by atoms with E-state index in [1.165, 1.54) is 28.6 Å². The first-order valence-electron chi connectivity index (χ1n) is 7.58. The Morgan fingerprint density at radius 3 is 2.50 bits per heavy atom. The van der Waals surface area contributed by atoms with Crippen LogP contribution in [-0.4, -0.2) is 62.1 Å². The first-order chi connectivity index (χ1) is 11.4. The van der Waals surface area contributed by atoms with Crippen LogP contribution in [0.2, 0.25) is 0 Å². The van der Waals surface area contributed by atoms with Gasteiger partial charge in [0.2, 0.25) is 10.0 Å². The Hall–Kier alpha value is -1.97. The van der Waals surface area contributed by atoms with E-state index in [1.54, 1.807) is 6.92 Å². The van der Waals surface area contributed by atoms with Crippen molar-refractivity contribution in [2.24, 2.45) is 0 Å². The van der Waals surface area contributed by atoms with Gasteiger partial charge in [0.05, 0.1) is 23.7 Å². The van der Waals surface area contributed by atoms with Crippen LogP contribution in [0.3, 0.4) is 0 Å². The highest BCUT2D eigenvalue weighted by Gasteiger charge is 2.31. The van der Waals surface area contributed by atoms with Gasteiger partial charge < -0.3 is 15.2 Å². The molecule has 1 aliphatic rings. The molecule has 132 valence electrons. The van der Waals surface area contributed by atoms with Gasteiger partial charge in [-0.3, -0.25) is 4.79 Å². The number of rotatable bonds is 6. The summed E-state index contributed by atoms with van der Waals surface area (Å²) in [7, 11) is -3.86. The van der Waals surface area contributed by atoms with E-state index in [2.05, 4.69) is 5.32 Å². The molecule has 1 atom stereocenters. The fourth-order valence-electron chi connectivity index (χ4n) is 2.38. The van der Waals surface area contributed by atoms with Crippen LogP contribution in [0.15, 0.2) is 29.2 Å². The van der Waals surface area contributed by atoms with Crippen LogP contribution >= 0.6 is 0 Å². The molecule has 9 heteroatoms. The third-order valence-electron chi connectivity index (χ3n) is 3.73. The molecule has 2 N–H and O–H groups in total. The molecular formula is C15H20N2O6S. The van der Waals surface area contributed by atoms with Gasteiger partial charge in [-0.2, -0.15) is 4.31 Å². The Labute approximate surface area is 140 Å². The molecule has 0 spiro atoms.